The van der Waals surface area contributed by atoms with Crippen LogP contribution in [0.25, 0.3) is 10.7 Å². The maximum atomic E-state index is 12.0. The van der Waals surface area contributed by atoms with E-state index in [1.165, 1.54) is 11.8 Å². The van der Waals surface area contributed by atoms with Crippen molar-refractivity contribution in [2.45, 2.75) is 12.1 Å². The monoisotopic (exact) mass is 364 g/mol. The minimum atomic E-state index is -0.122. The highest BCUT2D eigenvalue weighted by molar-refractivity contribution is 7.99. The zero-order valence-electron chi connectivity index (χ0n) is 12.2. The van der Waals surface area contributed by atoms with E-state index in [0.717, 1.165) is 16.1 Å². The number of thioether (sulfide) groups is 1. The van der Waals surface area contributed by atoms with Gasteiger partial charge < -0.3 is 5.32 Å². The fourth-order valence-electron chi connectivity index (χ4n) is 1.89. The van der Waals surface area contributed by atoms with E-state index in [1.807, 2.05) is 30.5 Å². The normalized spacial score (nSPS) is 10.7. The Morgan fingerprint density at radius 1 is 1.39 bits per heavy atom. The lowest BCUT2D eigenvalue weighted by Crippen LogP contribution is -2.15. The summed E-state index contributed by atoms with van der Waals surface area (Å²) in [7, 11) is 0. The number of carbonyl (C=O) groups excluding carboxylic acids is 1. The highest BCUT2D eigenvalue weighted by Crippen LogP contribution is 2.25. The summed E-state index contributed by atoms with van der Waals surface area (Å²) in [5.74, 6) is 0.824. The number of aromatic nitrogens is 3. The molecule has 0 aliphatic heterocycles. The standard InChI is InChI=1S/C15H13ClN4OS2/c1-9-10(16)4-2-5-11(9)17-13(21)8-23-15-18-14(19-20-15)12-6-3-7-22-12/h2-7H,8H2,1H3,(H,17,21)(H,18,19,20). The van der Waals surface area contributed by atoms with Gasteiger partial charge in [0.1, 0.15) is 0 Å². The summed E-state index contributed by atoms with van der Waals surface area (Å²) >= 11 is 8.91. The Hall–Kier alpha value is -1.83. The molecule has 1 amide bonds. The van der Waals surface area contributed by atoms with Gasteiger partial charge in [0, 0.05) is 10.7 Å². The molecule has 23 heavy (non-hydrogen) atoms. The molecule has 0 unspecified atom stereocenters. The van der Waals surface area contributed by atoms with Crippen LogP contribution in [0.5, 0.6) is 0 Å². The minimum Gasteiger partial charge on any atom is -0.325 e. The van der Waals surface area contributed by atoms with E-state index in [-0.39, 0.29) is 11.7 Å². The number of H-pyrrole nitrogens is 1. The van der Waals surface area contributed by atoms with Gasteiger partial charge in [-0.05, 0) is 36.1 Å². The lowest BCUT2D eigenvalue weighted by molar-refractivity contribution is -0.113. The van der Waals surface area contributed by atoms with E-state index in [0.29, 0.717) is 16.0 Å². The number of carbonyl (C=O) groups is 1. The molecule has 1 aromatic carbocycles. The molecule has 0 bridgehead atoms. The van der Waals surface area contributed by atoms with E-state index in [9.17, 15) is 4.79 Å². The van der Waals surface area contributed by atoms with Crippen molar-refractivity contribution >= 4 is 46.3 Å². The topological polar surface area (TPSA) is 70.7 Å². The minimum absolute atomic E-state index is 0.122. The molecule has 3 aromatic rings. The average molecular weight is 365 g/mol. The molecular formula is C15H13ClN4OS2. The first-order valence-electron chi connectivity index (χ1n) is 6.77. The molecule has 5 nitrogen and oxygen atoms in total. The fraction of sp³-hybridized carbons (Fsp3) is 0.133. The predicted octanol–water partition coefficient (Wildman–Crippen LogP) is 4.23. The third-order valence-electron chi connectivity index (χ3n) is 3.09. The number of rotatable bonds is 5. The summed E-state index contributed by atoms with van der Waals surface area (Å²) < 4.78 is 0. The predicted molar refractivity (Wildman–Crippen MR) is 95.2 cm³/mol. The maximum absolute atomic E-state index is 12.0. The maximum Gasteiger partial charge on any atom is 0.234 e. The van der Waals surface area contributed by atoms with Gasteiger partial charge in [-0.2, -0.15) is 0 Å². The number of nitrogens with zero attached hydrogens (tertiary/aromatic N) is 2. The van der Waals surface area contributed by atoms with Crippen LogP contribution >= 0.6 is 34.7 Å². The molecule has 0 spiro atoms. The van der Waals surface area contributed by atoms with Gasteiger partial charge in [-0.15, -0.1) is 16.4 Å². The van der Waals surface area contributed by atoms with E-state index >= 15 is 0 Å². The van der Waals surface area contributed by atoms with Crippen LogP contribution in [0, 0.1) is 6.92 Å². The molecule has 3 rings (SSSR count). The summed E-state index contributed by atoms with van der Waals surface area (Å²) in [6, 6.07) is 9.34. The number of hydrogen-bond donors (Lipinski definition) is 2. The Bertz CT molecular complexity index is 817. The van der Waals surface area contributed by atoms with Crippen LogP contribution in [0.3, 0.4) is 0 Å². The second-order valence-corrected chi connectivity index (χ2v) is 6.99. The number of thiophene rings is 1. The lowest BCUT2D eigenvalue weighted by Gasteiger charge is -2.08. The van der Waals surface area contributed by atoms with Crippen LogP contribution in [-0.2, 0) is 4.79 Å². The molecule has 2 aromatic heterocycles. The second kappa shape index (κ2) is 7.16. The second-order valence-electron chi connectivity index (χ2n) is 4.69. The van der Waals surface area contributed by atoms with Gasteiger partial charge in [0.25, 0.3) is 0 Å². The van der Waals surface area contributed by atoms with Gasteiger partial charge in [0.15, 0.2) is 5.82 Å². The van der Waals surface area contributed by atoms with Crippen LogP contribution < -0.4 is 5.32 Å². The van der Waals surface area contributed by atoms with Crippen LogP contribution in [0.4, 0.5) is 5.69 Å². The molecular weight excluding hydrogens is 352 g/mol. The van der Waals surface area contributed by atoms with Crippen molar-refractivity contribution in [1.82, 2.24) is 15.2 Å². The Kier molecular flexibility index (Phi) is 5.00. The molecule has 0 saturated carbocycles. The van der Waals surface area contributed by atoms with Gasteiger partial charge in [-0.1, -0.05) is 35.5 Å². The van der Waals surface area contributed by atoms with Gasteiger partial charge in [0.2, 0.25) is 11.1 Å². The highest BCUT2D eigenvalue weighted by Gasteiger charge is 2.11. The molecule has 0 saturated heterocycles. The molecule has 0 aliphatic carbocycles. The molecule has 2 N–H and O–H groups in total. The van der Waals surface area contributed by atoms with E-state index in [1.54, 1.807) is 23.5 Å². The molecule has 2 heterocycles. The summed E-state index contributed by atoms with van der Waals surface area (Å²) in [4.78, 5) is 17.4. The van der Waals surface area contributed by atoms with Crippen LogP contribution in [0.1, 0.15) is 5.56 Å². The Labute approximate surface area is 146 Å². The van der Waals surface area contributed by atoms with Crippen molar-refractivity contribution in [3.05, 3.63) is 46.3 Å². The van der Waals surface area contributed by atoms with Crippen LogP contribution in [-0.4, -0.2) is 26.8 Å². The number of anilines is 1. The van der Waals surface area contributed by atoms with Crippen LogP contribution in [0.2, 0.25) is 5.02 Å². The van der Waals surface area contributed by atoms with Gasteiger partial charge in [-0.3, -0.25) is 9.89 Å². The Balaban J connectivity index is 1.58. The first-order valence-corrected chi connectivity index (χ1v) is 9.02. The van der Waals surface area contributed by atoms with E-state index < -0.39 is 0 Å². The summed E-state index contributed by atoms with van der Waals surface area (Å²) in [6.07, 6.45) is 0. The van der Waals surface area contributed by atoms with E-state index in [2.05, 4.69) is 20.5 Å². The fourth-order valence-corrected chi connectivity index (χ4v) is 3.33. The van der Waals surface area contributed by atoms with Crippen molar-refractivity contribution in [2.75, 3.05) is 11.1 Å². The number of amides is 1. The summed E-state index contributed by atoms with van der Waals surface area (Å²) in [5.41, 5.74) is 1.57. The zero-order chi connectivity index (χ0) is 16.2. The van der Waals surface area contributed by atoms with Crippen molar-refractivity contribution in [1.29, 1.82) is 0 Å². The van der Waals surface area contributed by atoms with Gasteiger partial charge >= 0.3 is 0 Å². The number of benzene rings is 1. The number of aromatic amines is 1. The van der Waals surface area contributed by atoms with Gasteiger partial charge in [0.05, 0.1) is 10.6 Å². The number of hydrogen-bond acceptors (Lipinski definition) is 5. The van der Waals surface area contributed by atoms with Gasteiger partial charge in [-0.25, -0.2) is 4.98 Å². The molecule has 8 heteroatoms. The first kappa shape index (κ1) is 16.0. The highest BCUT2D eigenvalue weighted by atomic mass is 35.5. The Morgan fingerprint density at radius 3 is 3.04 bits per heavy atom. The van der Waals surface area contributed by atoms with Crippen molar-refractivity contribution in [3.8, 4) is 10.7 Å². The average Bonchev–Trinajstić information content (AvgIpc) is 3.20. The van der Waals surface area contributed by atoms with E-state index in [4.69, 9.17) is 11.6 Å². The molecule has 118 valence electrons. The van der Waals surface area contributed by atoms with Crippen LogP contribution in [0.15, 0.2) is 40.9 Å². The van der Waals surface area contributed by atoms with Crippen molar-refractivity contribution in [2.24, 2.45) is 0 Å². The third kappa shape index (κ3) is 3.93. The molecule has 0 fully saturated rings. The summed E-state index contributed by atoms with van der Waals surface area (Å²) in [5, 5.41) is 13.0. The molecule has 0 aliphatic rings. The molecule has 0 radical (unpaired) electrons. The van der Waals surface area contributed by atoms with Crippen molar-refractivity contribution < 1.29 is 4.79 Å². The quantitative estimate of drug-likeness (QED) is 0.665. The third-order valence-corrected chi connectivity index (χ3v) is 5.23. The smallest absolute Gasteiger partial charge is 0.234 e. The number of halogens is 1. The largest absolute Gasteiger partial charge is 0.325 e. The summed E-state index contributed by atoms with van der Waals surface area (Å²) in [6.45, 7) is 1.87. The van der Waals surface area contributed by atoms with Crippen molar-refractivity contribution in [3.63, 3.8) is 0 Å². The lowest BCUT2D eigenvalue weighted by atomic mass is 10.2. The first-order chi connectivity index (χ1) is 11.1. The molecule has 0 atom stereocenters. The SMILES string of the molecule is Cc1c(Cl)cccc1NC(=O)CSc1n[nH]c(-c2cccs2)n1. The zero-order valence-corrected chi connectivity index (χ0v) is 14.6. The Morgan fingerprint density at radius 2 is 2.26 bits per heavy atom. The number of nitrogens with one attached hydrogen (secondary N) is 2.